The van der Waals surface area contributed by atoms with E-state index in [0.29, 0.717) is 11.3 Å². The fraction of sp³-hybridized carbons (Fsp3) is 0.552. The van der Waals surface area contributed by atoms with Crippen LogP contribution in [-0.2, 0) is 17.8 Å². The van der Waals surface area contributed by atoms with Gasteiger partial charge in [0, 0.05) is 11.3 Å². The third kappa shape index (κ3) is 11.9. The molecule has 2 aromatic rings. The van der Waals surface area contributed by atoms with Crippen LogP contribution in [0.5, 0.6) is 5.75 Å². The second-order valence-electron chi connectivity index (χ2n) is 8.93. The molecular formula is C29H43NO3. The van der Waals surface area contributed by atoms with Gasteiger partial charge < -0.3 is 15.2 Å². The van der Waals surface area contributed by atoms with Crippen LogP contribution in [0.15, 0.2) is 48.5 Å². The molecule has 0 aliphatic rings. The predicted octanol–water partition coefficient (Wildman–Crippen LogP) is 7.44. The Morgan fingerprint density at radius 1 is 0.818 bits per heavy atom. The summed E-state index contributed by atoms with van der Waals surface area (Å²) in [6.45, 7) is 2.89. The maximum atomic E-state index is 12.4. The van der Waals surface area contributed by atoms with E-state index in [1.54, 1.807) is 12.1 Å². The quantitative estimate of drug-likeness (QED) is 0.231. The normalized spacial score (nSPS) is 10.8. The minimum absolute atomic E-state index is 0.0983. The molecule has 0 saturated carbocycles. The number of nitrogens with one attached hydrogen (secondary N) is 1. The number of rotatable bonds is 18. The molecule has 0 bridgehead atoms. The number of amides is 1. The number of aliphatic hydroxyl groups excluding tert-OH is 1. The number of para-hydroxylation sites is 1. The fourth-order valence-electron chi connectivity index (χ4n) is 4.04. The molecule has 4 heteroatoms. The van der Waals surface area contributed by atoms with Crippen LogP contribution in [0.2, 0.25) is 0 Å². The summed E-state index contributed by atoms with van der Waals surface area (Å²) in [5.41, 5.74) is 2.29. The number of anilines is 1. The van der Waals surface area contributed by atoms with Gasteiger partial charge in [-0.15, -0.1) is 0 Å². The van der Waals surface area contributed by atoms with Gasteiger partial charge in [0.05, 0.1) is 19.6 Å². The van der Waals surface area contributed by atoms with Crippen molar-refractivity contribution >= 4 is 11.6 Å². The Bertz CT molecular complexity index is 790. The monoisotopic (exact) mass is 453 g/mol. The van der Waals surface area contributed by atoms with Crippen molar-refractivity contribution in [2.75, 3.05) is 11.9 Å². The minimum atomic E-state index is -0.103. The zero-order chi connectivity index (χ0) is 23.6. The van der Waals surface area contributed by atoms with Crippen LogP contribution >= 0.6 is 0 Å². The predicted molar refractivity (Wildman–Crippen MR) is 138 cm³/mol. The van der Waals surface area contributed by atoms with Crippen molar-refractivity contribution in [1.29, 1.82) is 0 Å². The molecule has 2 N–H and O–H groups in total. The van der Waals surface area contributed by atoms with E-state index >= 15 is 0 Å². The Morgan fingerprint density at radius 2 is 1.45 bits per heavy atom. The standard InChI is InChI=1S/C29H43NO3/c1-2-3-4-5-6-7-8-9-10-11-12-15-21-33-27-19-16-17-25(22-27)23-29(32)30-28-20-14-13-18-26(28)24-31/h13-14,16-20,22,31H,2-12,15,21,23-24H2,1H3,(H,30,32). The van der Waals surface area contributed by atoms with Gasteiger partial charge in [0.15, 0.2) is 0 Å². The molecular weight excluding hydrogens is 410 g/mol. The second-order valence-corrected chi connectivity index (χ2v) is 8.93. The van der Waals surface area contributed by atoms with Crippen molar-refractivity contribution in [2.24, 2.45) is 0 Å². The third-order valence-corrected chi connectivity index (χ3v) is 5.99. The van der Waals surface area contributed by atoms with E-state index in [-0.39, 0.29) is 18.9 Å². The zero-order valence-electron chi connectivity index (χ0n) is 20.5. The van der Waals surface area contributed by atoms with Crippen LogP contribution in [0.3, 0.4) is 0 Å². The summed E-state index contributed by atoms with van der Waals surface area (Å²) in [6.07, 6.45) is 16.3. The maximum absolute atomic E-state index is 12.4. The fourth-order valence-corrected chi connectivity index (χ4v) is 4.04. The van der Waals surface area contributed by atoms with E-state index in [9.17, 15) is 9.90 Å². The molecule has 0 unspecified atom stereocenters. The summed E-state index contributed by atoms with van der Waals surface area (Å²) in [6, 6.07) is 15.1. The third-order valence-electron chi connectivity index (χ3n) is 5.99. The van der Waals surface area contributed by atoms with Crippen LogP contribution in [0.4, 0.5) is 5.69 Å². The summed E-state index contributed by atoms with van der Waals surface area (Å²) in [5, 5.41) is 12.3. The van der Waals surface area contributed by atoms with Gasteiger partial charge >= 0.3 is 0 Å². The number of carbonyl (C=O) groups is 1. The van der Waals surface area contributed by atoms with Gasteiger partial charge in [-0.25, -0.2) is 0 Å². The van der Waals surface area contributed by atoms with Crippen molar-refractivity contribution in [1.82, 2.24) is 0 Å². The van der Waals surface area contributed by atoms with E-state index in [0.717, 1.165) is 24.3 Å². The molecule has 1 amide bonds. The Labute approximate surface area is 200 Å². The molecule has 0 atom stereocenters. The molecule has 4 nitrogen and oxygen atoms in total. The van der Waals surface area contributed by atoms with Crippen molar-refractivity contribution in [3.8, 4) is 5.75 Å². The average molecular weight is 454 g/mol. The van der Waals surface area contributed by atoms with Crippen molar-refractivity contribution in [3.63, 3.8) is 0 Å². The minimum Gasteiger partial charge on any atom is -0.494 e. The number of unbranched alkanes of at least 4 members (excludes halogenated alkanes) is 11. The molecule has 0 spiro atoms. The molecule has 2 aromatic carbocycles. The van der Waals surface area contributed by atoms with Crippen LogP contribution < -0.4 is 10.1 Å². The van der Waals surface area contributed by atoms with Crippen LogP contribution in [-0.4, -0.2) is 17.6 Å². The lowest BCUT2D eigenvalue weighted by Crippen LogP contribution is -2.15. The number of benzene rings is 2. The summed E-state index contributed by atoms with van der Waals surface area (Å²) in [4.78, 5) is 12.4. The molecule has 2 rings (SSSR count). The van der Waals surface area contributed by atoms with Crippen LogP contribution in [0, 0.1) is 0 Å². The lowest BCUT2D eigenvalue weighted by Gasteiger charge is -2.10. The summed E-state index contributed by atoms with van der Waals surface area (Å²) < 4.78 is 5.91. The van der Waals surface area contributed by atoms with Crippen molar-refractivity contribution in [2.45, 2.75) is 97.0 Å². The first-order valence-corrected chi connectivity index (χ1v) is 12.9. The molecule has 0 aliphatic carbocycles. The van der Waals surface area contributed by atoms with E-state index in [1.165, 1.54) is 70.6 Å². The number of aliphatic hydroxyl groups is 1. The first kappa shape index (κ1) is 26.9. The highest BCUT2D eigenvalue weighted by atomic mass is 16.5. The average Bonchev–Trinajstić information content (AvgIpc) is 2.82. The largest absolute Gasteiger partial charge is 0.494 e. The molecule has 0 aliphatic heterocycles. The Kier molecular flexibility index (Phi) is 14.0. The van der Waals surface area contributed by atoms with Gasteiger partial charge in [-0.1, -0.05) is 108 Å². The second kappa shape index (κ2) is 17.2. The number of hydrogen-bond acceptors (Lipinski definition) is 3. The van der Waals surface area contributed by atoms with Crippen LogP contribution in [0.1, 0.15) is 95.1 Å². The molecule has 0 saturated heterocycles. The number of hydrogen-bond donors (Lipinski definition) is 2. The first-order valence-electron chi connectivity index (χ1n) is 12.9. The maximum Gasteiger partial charge on any atom is 0.228 e. The lowest BCUT2D eigenvalue weighted by atomic mass is 10.1. The summed E-state index contributed by atoms with van der Waals surface area (Å²) >= 11 is 0. The van der Waals surface area contributed by atoms with Gasteiger partial charge in [0.2, 0.25) is 5.91 Å². The number of carbonyl (C=O) groups excluding carboxylic acids is 1. The highest BCUT2D eigenvalue weighted by Gasteiger charge is 2.08. The van der Waals surface area contributed by atoms with E-state index in [4.69, 9.17) is 4.74 Å². The van der Waals surface area contributed by atoms with Gasteiger partial charge in [-0.3, -0.25) is 4.79 Å². The van der Waals surface area contributed by atoms with E-state index < -0.39 is 0 Å². The van der Waals surface area contributed by atoms with Gasteiger partial charge in [-0.2, -0.15) is 0 Å². The Hall–Kier alpha value is -2.33. The van der Waals surface area contributed by atoms with E-state index in [1.807, 2.05) is 36.4 Å². The van der Waals surface area contributed by atoms with Crippen molar-refractivity contribution < 1.29 is 14.6 Å². The molecule has 0 radical (unpaired) electrons. The highest BCUT2D eigenvalue weighted by molar-refractivity contribution is 5.93. The van der Waals surface area contributed by atoms with Gasteiger partial charge in [-0.05, 0) is 30.2 Å². The van der Waals surface area contributed by atoms with Gasteiger partial charge in [0.1, 0.15) is 5.75 Å². The first-order chi connectivity index (χ1) is 16.2. The molecule has 182 valence electrons. The highest BCUT2D eigenvalue weighted by Crippen LogP contribution is 2.18. The Balaban J connectivity index is 1.56. The van der Waals surface area contributed by atoms with Crippen LogP contribution in [0.25, 0.3) is 0 Å². The lowest BCUT2D eigenvalue weighted by molar-refractivity contribution is -0.115. The van der Waals surface area contributed by atoms with Crippen molar-refractivity contribution in [3.05, 3.63) is 59.7 Å². The Morgan fingerprint density at radius 3 is 2.12 bits per heavy atom. The number of ether oxygens (including phenoxy) is 1. The van der Waals surface area contributed by atoms with E-state index in [2.05, 4.69) is 12.2 Å². The molecule has 33 heavy (non-hydrogen) atoms. The summed E-state index contributed by atoms with van der Waals surface area (Å²) in [7, 11) is 0. The molecule has 0 heterocycles. The summed E-state index contributed by atoms with van der Waals surface area (Å²) in [5.74, 6) is 0.716. The molecule has 0 fully saturated rings. The zero-order valence-corrected chi connectivity index (χ0v) is 20.5. The topological polar surface area (TPSA) is 58.6 Å². The SMILES string of the molecule is CCCCCCCCCCCCCCOc1cccc(CC(=O)Nc2ccccc2CO)c1. The van der Waals surface area contributed by atoms with Gasteiger partial charge in [0.25, 0.3) is 0 Å². The smallest absolute Gasteiger partial charge is 0.228 e. The molecule has 0 aromatic heterocycles.